The number of piperazine rings is 1. The molecule has 0 atom stereocenters. The number of hydrogen-bond donors (Lipinski definition) is 1. The van der Waals surface area contributed by atoms with Gasteiger partial charge in [0.1, 0.15) is 5.82 Å². The van der Waals surface area contributed by atoms with Gasteiger partial charge in [-0.05, 0) is 24.3 Å². The lowest BCUT2D eigenvalue weighted by Gasteiger charge is -2.36. The molecule has 0 aliphatic carbocycles. The van der Waals surface area contributed by atoms with Crippen LogP contribution in [0.1, 0.15) is 5.69 Å². The molecule has 0 spiro atoms. The number of carbonyl (C=O) groups excluding carboxylic acids is 1. The zero-order chi connectivity index (χ0) is 19.3. The minimum Gasteiger partial charge on any atom is -0.366 e. The lowest BCUT2D eigenvalue weighted by Crippen LogP contribution is -2.49. The molecule has 1 fully saturated rings. The van der Waals surface area contributed by atoms with E-state index in [0.717, 1.165) is 16.5 Å². The van der Waals surface area contributed by atoms with Crippen molar-refractivity contribution in [1.29, 1.82) is 0 Å². The SMILES string of the molecule is O=C(Cc1csc(Nc2ccccc2)n1)N1CCN(c2ccccc2F)CC1. The molecule has 3 aromatic rings. The van der Waals surface area contributed by atoms with Gasteiger partial charge in [-0.2, -0.15) is 0 Å². The third-order valence-electron chi connectivity index (χ3n) is 4.73. The number of carbonyl (C=O) groups is 1. The average molecular weight is 396 g/mol. The molecular weight excluding hydrogens is 375 g/mol. The van der Waals surface area contributed by atoms with Crippen molar-refractivity contribution in [1.82, 2.24) is 9.88 Å². The number of nitrogens with one attached hydrogen (secondary N) is 1. The number of amides is 1. The normalized spacial score (nSPS) is 14.2. The summed E-state index contributed by atoms with van der Waals surface area (Å²) in [7, 11) is 0. The number of para-hydroxylation sites is 2. The van der Waals surface area contributed by atoms with Crippen LogP contribution in [0.3, 0.4) is 0 Å². The molecule has 1 amide bonds. The highest BCUT2D eigenvalue weighted by Gasteiger charge is 2.23. The maximum Gasteiger partial charge on any atom is 0.228 e. The first-order chi connectivity index (χ1) is 13.7. The van der Waals surface area contributed by atoms with Crippen molar-refractivity contribution in [2.24, 2.45) is 0 Å². The van der Waals surface area contributed by atoms with Crippen LogP contribution < -0.4 is 10.2 Å². The zero-order valence-electron chi connectivity index (χ0n) is 15.3. The molecule has 0 radical (unpaired) electrons. The summed E-state index contributed by atoms with van der Waals surface area (Å²) in [6.07, 6.45) is 0.284. The summed E-state index contributed by atoms with van der Waals surface area (Å²) in [6, 6.07) is 16.6. The number of benzene rings is 2. The van der Waals surface area contributed by atoms with Crippen LogP contribution in [-0.4, -0.2) is 42.0 Å². The van der Waals surface area contributed by atoms with Crippen molar-refractivity contribution in [2.45, 2.75) is 6.42 Å². The number of halogens is 1. The van der Waals surface area contributed by atoms with Crippen LogP contribution in [0, 0.1) is 5.82 Å². The van der Waals surface area contributed by atoms with Crippen LogP contribution in [-0.2, 0) is 11.2 Å². The average Bonchev–Trinajstić information content (AvgIpc) is 3.16. The van der Waals surface area contributed by atoms with Gasteiger partial charge >= 0.3 is 0 Å². The van der Waals surface area contributed by atoms with E-state index in [4.69, 9.17) is 0 Å². The first kappa shape index (κ1) is 18.4. The summed E-state index contributed by atoms with van der Waals surface area (Å²) in [5.41, 5.74) is 2.34. The summed E-state index contributed by atoms with van der Waals surface area (Å²) >= 11 is 1.49. The van der Waals surface area contributed by atoms with Gasteiger partial charge in [0.2, 0.25) is 5.91 Å². The van der Waals surface area contributed by atoms with E-state index in [1.54, 1.807) is 12.1 Å². The molecule has 1 aliphatic heterocycles. The molecule has 0 bridgehead atoms. The second-order valence-electron chi connectivity index (χ2n) is 6.63. The Balaban J connectivity index is 1.31. The Morgan fingerprint density at radius 2 is 1.75 bits per heavy atom. The summed E-state index contributed by atoms with van der Waals surface area (Å²) in [4.78, 5) is 21.0. The van der Waals surface area contributed by atoms with Gasteiger partial charge in [-0.25, -0.2) is 9.37 Å². The highest BCUT2D eigenvalue weighted by molar-refractivity contribution is 7.13. The number of thiazole rings is 1. The Labute approximate surface area is 167 Å². The molecule has 144 valence electrons. The van der Waals surface area contributed by atoms with Gasteiger partial charge in [-0.1, -0.05) is 30.3 Å². The Morgan fingerprint density at radius 3 is 2.50 bits per heavy atom. The smallest absolute Gasteiger partial charge is 0.228 e. The van der Waals surface area contributed by atoms with E-state index in [-0.39, 0.29) is 18.1 Å². The van der Waals surface area contributed by atoms with E-state index < -0.39 is 0 Å². The van der Waals surface area contributed by atoms with E-state index in [1.165, 1.54) is 17.4 Å². The fraction of sp³-hybridized carbons (Fsp3) is 0.238. The quantitative estimate of drug-likeness (QED) is 0.710. The molecule has 1 N–H and O–H groups in total. The zero-order valence-corrected chi connectivity index (χ0v) is 16.2. The molecule has 2 heterocycles. The maximum atomic E-state index is 13.9. The topological polar surface area (TPSA) is 48.5 Å². The molecular formula is C21H21FN4OS. The van der Waals surface area contributed by atoms with Crippen molar-refractivity contribution in [2.75, 3.05) is 36.4 Å². The van der Waals surface area contributed by atoms with Crippen LogP contribution in [0.2, 0.25) is 0 Å². The monoisotopic (exact) mass is 396 g/mol. The molecule has 5 nitrogen and oxygen atoms in total. The molecule has 1 saturated heterocycles. The molecule has 2 aromatic carbocycles. The van der Waals surface area contributed by atoms with Crippen molar-refractivity contribution in [3.63, 3.8) is 0 Å². The van der Waals surface area contributed by atoms with Crippen molar-refractivity contribution in [3.8, 4) is 0 Å². The molecule has 0 unspecified atom stereocenters. The van der Waals surface area contributed by atoms with E-state index >= 15 is 0 Å². The number of aromatic nitrogens is 1. The highest BCUT2D eigenvalue weighted by atomic mass is 32.1. The van der Waals surface area contributed by atoms with Crippen molar-refractivity contribution < 1.29 is 9.18 Å². The first-order valence-corrected chi connectivity index (χ1v) is 10.1. The third kappa shape index (κ3) is 4.31. The van der Waals surface area contributed by atoms with Crippen LogP contribution in [0.4, 0.5) is 20.9 Å². The number of nitrogens with zero attached hydrogens (tertiary/aromatic N) is 3. The van der Waals surface area contributed by atoms with E-state index in [9.17, 15) is 9.18 Å². The Morgan fingerprint density at radius 1 is 1.04 bits per heavy atom. The molecule has 28 heavy (non-hydrogen) atoms. The standard InChI is InChI=1S/C21H21FN4OS/c22-18-8-4-5-9-19(18)25-10-12-26(13-11-25)20(27)14-17-15-28-21(24-17)23-16-6-2-1-3-7-16/h1-9,15H,10-14H2,(H,23,24). The number of anilines is 3. The van der Waals surface area contributed by atoms with Gasteiger partial charge in [0.05, 0.1) is 17.8 Å². The van der Waals surface area contributed by atoms with Gasteiger partial charge in [-0.3, -0.25) is 4.79 Å². The predicted octanol–water partition coefficient (Wildman–Crippen LogP) is 3.92. The minimum absolute atomic E-state index is 0.0599. The van der Waals surface area contributed by atoms with Gasteiger partial charge in [-0.15, -0.1) is 11.3 Å². The minimum atomic E-state index is -0.219. The van der Waals surface area contributed by atoms with E-state index in [1.807, 2.05) is 51.6 Å². The van der Waals surface area contributed by atoms with Crippen LogP contribution in [0.15, 0.2) is 60.0 Å². The van der Waals surface area contributed by atoms with E-state index in [0.29, 0.717) is 31.9 Å². The van der Waals surface area contributed by atoms with Crippen LogP contribution >= 0.6 is 11.3 Å². The first-order valence-electron chi connectivity index (χ1n) is 9.23. The largest absolute Gasteiger partial charge is 0.366 e. The van der Waals surface area contributed by atoms with Gasteiger partial charge in [0.25, 0.3) is 0 Å². The van der Waals surface area contributed by atoms with Gasteiger partial charge in [0, 0.05) is 37.2 Å². The van der Waals surface area contributed by atoms with Gasteiger partial charge < -0.3 is 15.1 Å². The number of hydrogen-bond acceptors (Lipinski definition) is 5. The highest BCUT2D eigenvalue weighted by Crippen LogP contribution is 2.22. The van der Waals surface area contributed by atoms with Crippen LogP contribution in [0.5, 0.6) is 0 Å². The second kappa shape index (κ2) is 8.39. The third-order valence-corrected chi connectivity index (χ3v) is 5.54. The molecule has 0 saturated carbocycles. The molecule has 7 heteroatoms. The fourth-order valence-electron chi connectivity index (χ4n) is 3.26. The second-order valence-corrected chi connectivity index (χ2v) is 7.49. The lowest BCUT2D eigenvalue weighted by molar-refractivity contribution is -0.130. The van der Waals surface area contributed by atoms with Crippen molar-refractivity contribution in [3.05, 3.63) is 71.5 Å². The molecule has 1 aliphatic rings. The summed E-state index contributed by atoms with van der Waals surface area (Å²) in [5, 5.41) is 5.94. The summed E-state index contributed by atoms with van der Waals surface area (Å²) < 4.78 is 13.9. The molecule has 1 aromatic heterocycles. The Hall–Kier alpha value is -2.93. The van der Waals surface area contributed by atoms with Crippen molar-refractivity contribution >= 4 is 33.8 Å². The molecule has 4 rings (SSSR count). The predicted molar refractivity (Wildman–Crippen MR) is 111 cm³/mol. The Kier molecular flexibility index (Phi) is 5.53. The van der Waals surface area contributed by atoms with Gasteiger partial charge in [0.15, 0.2) is 5.13 Å². The van der Waals surface area contributed by atoms with Crippen LogP contribution in [0.25, 0.3) is 0 Å². The van der Waals surface area contributed by atoms with E-state index in [2.05, 4.69) is 10.3 Å². The fourth-order valence-corrected chi connectivity index (χ4v) is 3.99. The summed E-state index contributed by atoms with van der Waals surface area (Å²) in [5.74, 6) is -0.159. The lowest BCUT2D eigenvalue weighted by atomic mass is 10.2. The summed E-state index contributed by atoms with van der Waals surface area (Å²) in [6.45, 7) is 2.44. The maximum absolute atomic E-state index is 13.9. The number of rotatable bonds is 5. The Bertz CT molecular complexity index is 938.